The summed E-state index contributed by atoms with van der Waals surface area (Å²) in [6, 6.07) is 102. The van der Waals surface area contributed by atoms with Gasteiger partial charge in [0.05, 0.1) is 10.8 Å². The molecule has 1 heteroatoms. The van der Waals surface area contributed by atoms with Gasteiger partial charge in [0.15, 0.2) is 0 Å². The Morgan fingerprint density at radius 1 is 0.203 bits per heavy atom. The van der Waals surface area contributed by atoms with Crippen molar-refractivity contribution in [3.05, 3.63) is 317 Å². The second kappa shape index (κ2) is 15.4. The number of rotatable bonds is 7. The maximum absolute atomic E-state index is 2.50. The topological polar surface area (TPSA) is 3.24 Å². The monoisotopic (exact) mass is 875 g/mol. The molecule has 3 aliphatic carbocycles. The highest BCUT2D eigenvalue weighted by Crippen LogP contribution is 2.64. The maximum Gasteiger partial charge on any atom is 0.0726 e. The lowest BCUT2D eigenvalue weighted by molar-refractivity contribution is 0.768. The number of hydrogen-bond donors (Lipinski definition) is 0. The number of anilines is 3. The summed E-state index contributed by atoms with van der Waals surface area (Å²) >= 11 is 0. The molecule has 11 aromatic carbocycles. The van der Waals surface area contributed by atoms with Crippen molar-refractivity contribution in [1.82, 2.24) is 0 Å². The van der Waals surface area contributed by atoms with Crippen molar-refractivity contribution < 1.29 is 0 Å². The first kappa shape index (κ1) is 39.4. The summed E-state index contributed by atoms with van der Waals surface area (Å²) in [5.74, 6) is 0. The van der Waals surface area contributed by atoms with Crippen molar-refractivity contribution in [1.29, 1.82) is 0 Å². The van der Waals surface area contributed by atoms with E-state index in [1.165, 1.54) is 100 Å². The third kappa shape index (κ3) is 5.65. The molecular formula is C68H45N. The van der Waals surface area contributed by atoms with Gasteiger partial charge in [0.25, 0.3) is 0 Å². The van der Waals surface area contributed by atoms with E-state index in [1.54, 1.807) is 0 Å². The molecule has 1 nitrogen and oxygen atoms in total. The Bertz CT molecular complexity index is 3650. The molecule has 14 rings (SSSR count). The second-order valence-electron chi connectivity index (χ2n) is 18.7. The molecule has 11 aromatic rings. The van der Waals surface area contributed by atoms with Crippen LogP contribution in [-0.2, 0) is 10.8 Å². The van der Waals surface area contributed by atoms with Gasteiger partial charge in [0.2, 0.25) is 0 Å². The maximum atomic E-state index is 2.50. The van der Waals surface area contributed by atoms with Crippen molar-refractivity contribution >= 4 is 17.1 Å². The van der Waals surface area contributed by atoms with Crippen LogP contribution in [0.4, 0.5) is 17.1 Å². The van der Waals surface area contributed by atoms with Crippen molar-refractivity contribution in [3.8, 4) is 55.6 Å². The molecule has 3 aliphatic rings. The van der Waals surface area contributed by atoms with Gasteiger partial charge in [-0.15, -0.1) is 0 Å². The Hall–Kier alpha value is -8.78. The quantitative estimate of drug-likeness (QED) is 0.154. The highest BCUT2D eigenvalue weighted by atomic mass is 15.1. The van der Waals surface area contributed by atoms with Crippen LogP contribution in [-0.4, -0.2) is 0 Å². The molecule has 0 aromatic heterocycles. The predicted molar refractivity (Wildman–Crippen MR) is 286 cm³/mol. The van der Waals surface area contributed by atoms with Gasteiger partial charge in [-0.1, -0.05) is 237 Å². The third-order valence-electron chi connectivity index (χ3n) is 15.4. The second-order valence-corrected chi connectivity index (χ2v) is 18.7. The third-order valence-corrected chi connectivity index (χ3v) is 15.4. The molecular weight excluding hydrogens is 831 g/mol. The van der Waals surface area contributed by atoms with E-state index in [4.69, 9.17) is 0 Å². The fourth-order valence-corrected chi connectivity index (χ4v) is 12.5. The summed E-state index contributed by atoms with van der Waals surface area (Å²) in [7, 11) is 0. The van der Waals surface area contributed by atoms with Crippen molar-refractivity contribution in [3.63, 3.8) is 0 Å². The lowest BCUT2D eigenvalue weighted by Crippen LogP contribution is -2.28. The largest absolute Gasteiger partial charge is 0.310 e. The summed E-state index contributed by atoms with van der Waals surface area (Å²) in [4.78, 5) is 2.49. The molecule has 0 heterocycles. The first-order valence-corrected chi connectivity index (χ1v) is 24.1. The Morgan fingerprint density at radius 2 is 0.536 bits per heavy atom. The summed E-state index contributed by atoms with van der Waals surface area (Å²) in [5, 5.41) is 0. The SMILES string of the molecule is c1ccc(-c2ccc(-c3ccc(N(c4ccc5c(c4)-c4ccccc4C5(c4ccccc4)c4ccccc4)c4ccc5c(c4)C4(c6ccccc6-c6ccccc64)c4ccccc4-5)cc3)cc2)cc1. The van der Waals surface area contributed by atoms with Gasteiger partial charge in [0.1, 0.15) is 0 Å². The molecule has 0 saturated carbocycles. The van der Waals surface area contributed by atoms with Gasteiger partial charge in [-0.25, -0.2) is 0 Å². The number of nitrogens with zero attached hydrogens (tertiary/aromatic N) is 1. The molecule has 0 radical (unpaired) electrons. The van der Waals surface area contributed by atoms with Crippen LogP contribution in [0.1, 0.15) is 44.5 Å². The fourth-order valence-electron chi connectivity index (χ4n) is 12.5. The first-order valence-electron chi connectivity index (χ1n) is 24.1. The molecule has 0 bridgehead atoms. The molecule has 1 spiro atoms. The zero-order valence-corrected chi connectivity index (χ0v) is 37.9. The van der Waals surface area contributed by atoms with Crippen LogP contribution in [0.2, 0.25) is 0 Å². The number of benzene rings is 11. The molecule has 0 saturated heterocycles. The number of hydrogen-bond acceptors (Lipinski definition) is 1. The summed E-state index contributed by atoms with van der Waals surface area (Å²) in [5.41, 5.74) is 25.4. The van der Waals surface area contributed by atoms with Crippen molar-refractivity contribution in [2.75, 3.05) is 4.90 Å². The van der Waals surface area contributed by atoms with Crippen LogP contribution in [0.3, 0.4) is 0 Å². The minimum atomic E-state index is -0.482. The van der Waals surface area contributed by atoms with E-state index in [0.29, 0.717) is 0 Å². The molecule has 0 amide bonds. The Balaban J connectivity index is 0.981. The first-order chi connectivity index (χ1) is 34.2. The normalized spacial score (nSPS) is 13.7. The smallest absolute Gasteiger partial charge is 0.0726 e. The minimum Gasteiger partial charge on any atom is -0.310 e. The molecule has 0 aliphatic heterocycles. The van der Waals surface area contributed by atoms with E-state index in [9.17, 15) is 0 Å². The van der Waals surface area contributed by atoms with Crippen LogP contribution in [0, 0.1) is 0 Å². The average molecular weight is 876 g/mol. The Kier molecular flexibility index (Phi) is 8.78. The molecule has 69 heavy (non-hydrogen) atoms. The number of fused-ring (bicyclic) bond motifs is 13. The molecule has 0 N–H and O–H groups in total. The summed E-state index contributed by atoms with van der Waals surface area (Å²) in [6.07, 6.45) is 0. The summed E-state index contributed by atoms with van der Waals surface area (Å²) in [6.45, 7) is 0. The van der Waals surface area contributed by atoms with Crippen LogP contribution < -0.4 is 4.90 Å². The average Bonchev–Trinajstić information content (AvgIpc) is 4.02. The highest BCUT2D eigenvalue weighted by Gasteiger charge is 2.52. The van der Waals surface area contributed by atoms with E-state index in [2.05, 4.69) is 278 Å². The zero-order valence-electron chi connectivity index (χ0n) is 37.9. The van der Waals surface area contributed by atoms with Crippen molar-refractivity contribution in [2.45, 2.75) is 10.8 Å². The van der Waals surface area contributed by atoms with E-state index >= 15 is 0 Å². The molecule has 0 atom stereocenters. The van der Waals surface area contributed by atoms with E-state index < -0.39 is 10.8 Å². The fraction of sp³-hybridized carbons (Fsp3) is 0.0294. The van der Waals surface area contributed by atoms with Gasteiger partial charge >= 0.3 is 0 Å². The van der Waals surface area contributed by atoms with Gasteiger partial charge < -0.3 is 4.90 Å². The lowest BCUT2D eigenvalue weighted by atomic mass is 9.68. The zero-order chi connectivity index (χ0) is 45.5. The van der Waals surface area contributed by atoms with Crippen LogP contribution in [0.5, 0.6) is 0 Å². The van der Waals surface area contributed by atoms with Gasteiger partial charge in [-0.2, -0.15) is 0 Å². The van der Waals surface area contributed by atoms with Crippen molar-refractivity contribution in [2.24, 2.45) is 0 Å². The molecule has 0 unspecified atom stereocenters. The van der Waals surface area contributed by atoms with E-state index in [1.807, 2.05) is 0 Å². The van der Waals surface area contributed by atoms with Crippen LogP contribution in [0.25, 0.3) is 55.6 Å². The standard InChI is InChI=1S/C68H45N/c1-4-18-46(19-5-1)47-32-34-48(35-33-47)49-36-38-52(39-37-49)69(53-41-43-65-60(44-53)58-27-13-14-28-61(58)67(65,50-20-6-2-7-21-50)51-22-8-3-9-23-51)54-40-42-59-57-26-12-17-31-64(57)68(66(59)45-54)62-29-15-10-24-55(62)56-25-11-16-30-63(56)68/h1-45H. The van der Waals surface area contributed by atoms with Crippen LogP contribution >= 0.6 is 0 Å². The molecule has 322 valence electrons. The Labute approximate surface area is 403 Å². The van der Waals surface area contributed by atoms with E-state index in [0.717, 1.165) is 17.1 Å². The van der Waals surface area contributed by atoms with E-state index in [-0.39, 0.29) is 0 Å². The lowest BCUT2D eigenvalue weighted by Gasteiger charge is -2.34. The summed E-state index contributed by atoms with van der Waals surface area (Å²) < 4.78 is 0. The van der Waals surface area contributed by atoms with Gasteiger partial charge in [-0.3, -0.25) is 0 Å². The Morgan fingerprint density at radius 3 is 1.04 bits per heavy atom. The van der Waals surface area contributed by atoms with Crippen LogP contribution in [0.15, 0.2) is 273 Å². The minimum absolute atomic E-state index is 0.460. The molecule has 0 fully saturated rings. The predicted octanol–water partition coefficient (Wildman–Crippen LogP) is 17.2. The van der Waals surface area contributed by atoms with Gasteiger partial charge in [0, 0.05) is 17.1 Å². The van der Waals surface area contributed by atoms with Gasteiger partial charge in [-0.05, 0) is 137 Å². The highest BCUT2D eigenvalue weighted by molar-refractivity contribution is 5.97.